The summed E-state index contributed by atoms with van der Waals surface area (Å²) >= 11 is 0. The van der Waals surface area contributed by atoms with E-state index in [1.165, 1.54) is 0 Å². The molecule has 0 bridgehead atoms. The number of nitrogens with one attached hydrogen (secondary N) is 1. The van der Waals surface area contributed by atoms with Crippen molar-refractivity contribution in [3.05, 3.63) is 83.9 Å². The number of aryl methyl sites for hydroxylation is 2. The van der Waals surface area contributed by atoms with Crippen molar-refractivity contribution in [3.8, 4) is 17.2 Å². The maximum Gasteiger partial charge on any atom is 0.541 e. The number of hydrogen-bond acceptors (Lipinski definition) is 4. The maximum absolute atomic E-state index is 13.6. The molecule has 0 saturated heterocycles. The molecule has 3 rings (SSSR count). The molecular formula is C25H30NO4P. The van der Waals surface area contributed by atoms with Crippen molar-refractivity contribution in [1.82, 2.24) is 0 Å². The van der Waals surface area contributed by atoms with Crippen molar-refractivity contribution in [2.45, 2.75) is 40.0 Å². The minimum absolute atomic E-state index is 0.462. The second kappa shape index (κ2) is 10.9. The monoisotopic (exact) mass is 439 g/mol. The third-order valence-corrected chi connectivity index (χ3v) is 6.06. The summed E-state index contributed by atoms with van der Waals surface area (Å²) in [5, 5.41) is 2.94. The van der Waals surface area contributed by atoms with Crippen LogP contribution in [0.4, 0.5) is 5.69 Å². The number of hydrogen-bond donors (Lipinski definition) is 1. The van der Waals surface area contributed by atoms with Gasteiger partial charge in [0.15, 0.2) is 0 Å². The van der Waals surface area contributed by atoms with Gasteiger partial charge in [-0.2, -0.15) is 0 Å². The third-order valence-electron chi connectivity index (χ3n) is 4.63. The first kappa shape index (κ1) is 22.8. The Morgan fingerprint density at radius 1 is 0.710 bits per heavy atom. The van der Waals surface area contributed by atoms with Crippen LogP contribution in [0.3, 0.4) is 0 Å². The van der Waals surface area contributed by atoms with Crippen molar-refractivity contribution in [1.29, 1.82) is 0 Å². The van der Waals surface area contributed by atoms with E-state index < -0.39 is 7.75 Å². The lowest BCUT2D eigenvalue weighted by molar-refractivity contribution is 0.306. The number of rotatable bonds is 11. The molecule has 0 fully saturated rings. The molecule has 6 heteroatoms. The molecule has 3 aromatic carbocycles. The van der Waals surface area contributed by atoms with E-state index in [9.17, 15) is 4.57 Å². The van der Waals surface area contributed by atoms with Crippen LogP contribution >= 0.6 is 7.75 Å². The van der Waals surface area contributed by atoms with Crippen molar-refractivity contribution in [2.24, 2.45) is 0 Å². The van der Waals surface area contributed by atoms with Gasteiger partial charge >= 0.3 is 7.75 Å². The predicted molar refractivity (Wildman–Crippen MR) is 126 cm³/mol. The molecule has 0 spiro atoms. The van der Waals surface area contributed by atoms with Crippen LogP contribution in [-0.2, 0) is 4.57 Å². The fourth-order valence-electron chi connectivity index (χ4n) is 2.87. The van der Waals surface area contributed by atoms with Gasteiger partial charge in [-0.15, -0.1) is 0 Å². The van der Waals surface area contributed by atoms with Gasteiger partial charge in [0.1, 0.15) is 17.2 Å². The predicted octanol–water partition coefficient (Wildman–Crippen LogP) is 7.55. The van der Waals surface area contributed by atoms with E-state index in [0.717, 1.165) is 36.1 Å². The zero-order chi connectivity index (χ0) is 22.1. The third kappa shape index (κ3) is 7.37. The highest BCUT2D eigenvalue weighted by Crippen LogP contribution is 2.48. The van der Waals surface area contributed by atoms with E-state index in [0.29, 0.717) is 23.8 Å². The van der Waals surface area contributed by atoms with Crippen LogP contribution in [0.2, 0.25) is 0 Å². The Morgan fingerprint density at radius 3 is 1.68 bits per heavy atom. The van der Waals surface area contributed by atoms with Crippen molar-refractivity contribution in [2.75, 3.05) is 11.7 Å². The van der Waals surface area contributed by atoms with Crippen LogP contribution in [0, 0.1) is 13.8 Å². The summed E-state index contributed by atoms with van der Waals surface area (Å²) in [7, 11) is -3.75. The van der Waals surface area contributed by atoms with Gasteiger partial charge in [-0.1, -0.05) is 55.2 Å². The number of unbranched alkanes of at least 4 members (excludes halogenated alkanes) is 2. The Labute approximate surface area is 185 Å². The summed E-state index contributed by atoms with van der Waals surface area (Å²) in [6.07, 6.45) is 3.33. The summed E-state index contributed by atoms with van der Waals surface area (Å²) in [6.45, 7) is 6.81. The van der Waals surface area contributed by atoms with Crippen LogP contribution in [0.15, 0.2) is 72.8 Å². The van der Waals surface area contributed by atoms with E-state index >= 15 is 0 Å². The number of ether oxygens (including phenoxy) is 1. The highest BCUT2D eigenvalue weighted by atomic mass is 31.2. The normalized spacial score (nSPS) is 11.1. The largest absolute Gasteiger partial charge is 0.541 e. The van der Waals surface area contributed by atoms with Gasteiger partial charge in [0, 0.05) is 5.69 Å². The van der Waals surface area contributed by atoms with Gasteiger partial charge in [-0.25, -0.2) is 4.57 Å². The molecule has 0 radical (unpaired) electrons. The van der Waals surface area contributed by atoms with Gasteiger partial charge in [-0.3, -0.25) is 5.09 Å². The average molecular weight is 439 g/mol. The van der Waals surface area contributed by atoms with Crippen LogP contribution < -0.4 is 18.9 Å². The Morgan fingerprint density at radius 2 is 1.19 bits per heavy atom. The van der Waals surface area contributed by atoms with Crippen molar-refractivity contribution < 1.29 is 18.3 Å². The molecule has 0 saturated carbocycles. The fraction of sp³-hybridized carbons (Fsp3) is 0.280. The quantitative estimate of drug-likeness (QED) is 0.247. The Bertz CT molecular complexity index is 934. The first-order chi connectivity index (χ1) is 15.0. The molecule has 0 aliphatic carbocycles. The fourth-order valence-corrected chi connectivity index (χ4v) is 4.26. The van der Waals surface area contributed by atoms with E-state index in [1.807, 2.05) is 50.2 Å². The average Bonchev–Trinajstić information content (AvgIpc) is 2.76. The summed E-state index contributed by atoms with van der Waals surface area (Å²) < 4.78 is 31.0. The van der Waals surface area contributed by atoms with Crippen LogP contribution in [0.25, 0.3) is 0 Å². The van der Waals surface area contributed by atoms with Gasteiger partial charge < -0.3 is 13.8 Å². The standard InChI is InChI=1S/C25H30NO4P/c1-4-5-6-19-28-23-17-11-22(12-18-23)26-31(27,29-24-13-7-20(2)8-14-24)30-25-15-9-21(3)10-16-25/h7-18H,4-6,19H2,1-3H3,(H,26,27). The molecule has 3 aromatic rings. The molecule has 5 nitrogen and oxygen atoms in total. The molecule has 0 heterocycles. The van der Waals surface area contributed by atoms with E-state index in [1.54, 1.807) is 36.4 Å². The minimum atomic E-state index is -3.75. The Hall–Kier alpha value is -2.91. The number of benzene rings is 3. The van der Waals surface area contributed by atoms with Gasteiger partial charge in [0.2, 0.25) is 0 Å². The summed E-state index contributed by atoms with van der Waals surface area (Å²) in [4.78, 5) is 0. The molecule has 0 amide bonds. The molecule has 164 valence electrons. The smallest absolute Gasteiger partial charge is 0.494 e. The van der Waals surface area contributed by atoms with Crippen molar-refractivity contribution in [3.63, 3.8) is 0 Å². The van der Waals surface area contributed by atoms with Crippen LogP contribution in [-0.4, -0.2) is 6.61 Å². The Kier molecular flexibility index (Phi) is 8.02. The number of anilines is 1. The molecule has 0 aliphatic rings. The van der Waals surface area contributed by atoms with E-state index in [2.05, 4.69) is 12.0 Å². The topological polar surface area (TPSA) is 56.8 Å². The highest BCUT2D eigenvalue weighted by Gasteiger charge is 2.29. The van der Waals surface area contributed by atoms with Gasteiger partial charge in [0.05, 0.1) is 6.61 Å². The molecule has 0 aromatic heterocycles. The lowest BCUT2D eigenvalue weighted by Crippen LogP contribution is -2.10. The Balaban J connectivity index is 1.74. The lowest BCUT2D eigenvalue weighted by Gasteiger charge is -2.21. The van der Waals surface area contributed by atoms with E-state index in [-0.39, 0.29) is 0 Å². The zero-order valence-corrected chi connectivity index (χ0v) is 19.2. The second-order valence-electron chi connectivity index (χ2n) is 7.50. The van der Waals surface area contributed by atoms with Crippen molar-refractivity contribution >= 4 is 13.4 Å². The van der Waals surface area contributed by atoms with Crippen LogP contribution in [0.1, 0.15) is 37.3 Å². The maximum atomic E-state index is 13.6. The SMILES string of the molecule is CCCCCOc1ccc(NP(=O)(Oc2ccc(C)cc2)Oc2ccc(C)cc2)cc1. The summed E-state index contributed by atoms with van der Waals surface area (Å²) in [5.41, 5.74) is 2.79. The highest BCUT2D eigenvalue weighted by molar-refractivity contribution is 7.56. The first-order valence-electron chi connectivity index (χ1n) is 10.6. The molecule has 31 heavy (non-hydrogen) atoms. The van der Waals surface area contributed by atoms with Crippen LogP contribution in [0.5, 0.6) is 17.2 Å². The van der Waals surface area contributed by atoms with E-state index in [4.69, 9.17) is 13.8 Å². The molecule has 0 atom stereocenters. The molecule has 0 unspecified atom stereocenters. The summed E-state index contributed by atoms with van der Waals surface area (Å²) in [5.74, 6) is 1.70. The molecular weight excluding hydrogens is 409 g/mol. The second-order valence-corrected chi connectivity index (χ2v) is 9.08. The van der Waals surface area contributed by atoms with Gasteiger partial charge in [0.25, 0.3) is 0 Å². The first-order valence-corrected chi connectivity index (χ1v) is 12.1. The summed E-state index contributed by atoms with van der Waals surface area (Å²) in [6, 6.07) is 22.0. The lowest BCUT2D eigenvalue weighted by atomic mass is 10.2. The zero-order valence-electron chi connectivity index (χ0n) is 18.3. The molecule has 1 N–H and O–H groups in total. The van der Waals surface area contributed by atoms with Gasteiger partial charge in [-0.05, 0) is 68.8 Å². The minimum Gasteiger partial charge on any atom is -0.494 e. The molecule has 0 aliphatic heterocycles.